The van der Waals surface area contributed by atoms with Crippen LogP contribution in [0.3, 0.4) is 0 Å². The fraction of sp³-hybridized carbons (Fsp3) is 0.619. The van der Waals surface area contributed by atoms with Crippen LogP contribution < -0.4 is 0 Å². The normalized spacial score (nSPS) is 15.3. The molecule has 142 valence electrons. The van der Waals surface area contributed by atoms with Gasteiger partial charge in [-0.25, -0.2) is 0 Å². The Morgan fingerprint density at radius 2 is 1.48 bits per heavy atom. The molecule has 0 amide bonds. The van der Waals surface area contributed by atoms with Crippen LogP contribution in [0.2, 0.25) is 16.6 Å². The lowest BCUT2D eigenvalue weighted by molar-refractivity contribution is 0.105. The van der Waals surface area contributed by atoms with Gasteiger partial charge in [-0.05, 0) is 28.3 Å². The minimum absolute atomic E-state index is 0.158. The van der Waals surface area contributed by atoms with Crippen molar-refractivity contribution in [3.05, 3.63) is 48.2 Å². The van der Waals surface area contributed by atoms with Gasteiger partial charge in [0.25, 0.3) is 0 Å². The zero-order valence-corrected chi connectivity index (χ0v) is 17.9. The van der Waals surface area contributed by atoms with Gasteiger partial charge in [-0.15, -0.1) is 0 Å². The number of hydrogen-bond donors (Lipinski definition) is 1. The van der Waals surface area contributed by atoms with E-state index < -0.39 is 14.4 Å². The molecule has 0 aromatic heterocycles. The lowest BCUT2D eigenvalue weighted by Crippen LogP contribution is -2.50. The molecule has 1 rings (SSSR count). The molecule has 1 aromatic rings. The van der Waals surface area contributed by atoms with Gasteiger partial charge in [0.15, 0.2) is 0 Å². The van der Waals surface area contributed by atoms with Crippen molar-refractivity contribution in [2.24, 2.45) is 0 Å². The van der Waals surface area contributed by atoms with Gasteiger partial charge in [-0.2, -0.15) is 0 Å². The average molecular weight is 365 g/mol. The van der Waals surface area contributed by atoms with Gasteiger partial charge in [-0.3, -0.25) is 0 Å². The first kappa shape index (κ1) is 21.9. The third kappa shape index (κ3) is 5.70. The van der Waals surface area contributed by atoms with Crippen molar-refractivity contribution in [1.82, 2.24) is 0 Å². The number of ether oxygens (including phenoxy) is 1. The smallest absolute Gasteiger partial charge is 0.201 e. The van der Waals surface area contributed by atoms with Crippen LogP contribution >= 0.6 is 0 Å². The molecule has 0 spiro atoms. The lowest BCUT2D eigenvalue weighted by atomic mass is 10.0. The van der Waals surface area contributed by atoms with E-state index >= 15 is 0 Å². The minimum atomic E-state index is -2.03. The van der Waals surface area contributed by atoms with Gasteiger partial charge >= 0.3 is 0 Å². The molecule has 0 aliphatic rings. The van der Waals surface area contributed by atoms with Crippen LogP contribution in [-0.2, 0) is 9.16 Å². The van der Waals surface area contributed by atoms with E-state index in [0.29, 0.717) is 23.0 Å². The molecule has 0 aliphatic carbocycles. The molecule has 25 heavy (non-hydrogen) atoms. The Hall–Kier alpha value is -1.10. The van der Waals surface area contributed by atoms with Crippen molar-refractivity contribution in [3.8, 4) is 0 Å². The summed E-state index contributed by atoms with van der Waals surface area (Å²) in [4.78, 5) is 0. The SMILES string of the molecule is CO/C=C/[C@@H](C[C@@H](O)c1ccccc1)O[Si](C(C)C)(C(C)C)C(C)C. The average Bonchev–Trinajstić information content (AvgIpc) is 2.56. The van der Waals surface area contributed by atoms with Crippen molar-refractivity contribution < 1.29 is 14.3 Å². The molecule has 3 nitrogen and oxygen atoms in total. The first-order chi connectivity index (χ1) is 11.8. The summed E-state index contributed by atoms with van der Waals surface area (Å²) in [7, 11) is -0.388. The molecule has 1 N–H and O–H groups in total. The molecule has 0 heterocycles. The predicted octanol–water partition coefficient (Wildman–Crippen LogP) is 5.83. The van der Waals surface area contributed by atoms with E-state index in [1.54, 1.807) is 13.4 Å². The molecule has 2 atom stereocenters. The summed E-state index contributed by atoms with van der Waals surface area (Å²) < 4.78 is 12.0. The first-order valence-electron chi connectivity index (χ1n) is 9.35. The molecule has 0 bridgehead atoms. The predicted molar refractivity (Wildman–Crippen MR) is 108 cm³/mol. The number of aliphatic hydroxyl groups is 1. The fourth-order valence-electron chi connectivity index (χ4n) is 4.03. The molecule has 0 aliphatic heterocycles. The summed E-state index contributed by atoms with van der Waals surface area (Å²) in [5.41, 5.74) is 2.42. The maximum Gasteiger partial charge on any atom is 0.201 e. The molecule has 0 unspecified atom stereocenters. The van der Waals surface area contributed by atoms with Crippen LogP contribution in [0, 0.1) is 0 Å². The second-order valence-corrected chi connectivity index (χ2v) is 13.1. The standard InChI is InChI=1S/C21H36O3Si/c1-16(2)25(17(3)4,18(5)6)24-20(13-14-23-7)15-21(22)19-11-9-8-10-12-19/h8-14,16-18,20-22H,15H2,1-7H3/b14-13+/t20-,21+/m0/s1. The van der Waals surface area contributed by atoms with E-state index in [4.69, 9.17) is 9.16 Å². The van der Waals surface area contributed by atoms with E-state index in [1.807, 2.05) is 36.4 Å². The Balaban J connectivity index is 3.06. The number of rotatable bonds is 10. The summed E-state index contributed by atoms with van der Waals surface area (Å²) in [6.45, 7) is 13.6. The van der Waals surface area contributed by atoms with Crippen LogP contribution in [0.15, 0.2) is 42.7 Å². The second-order valence-electron chi connectivity index (χ2n) is 7.70. The Labute approximate surface area is 155 Å². The maximum absolute atomic E-state index is 10.7. The number of hydrogen-bond acceptors (Lipinski definition) is 3. The summed E-state index contributed by atoms with van der Waals surface area (Å²) in [5.74, 6) is 0. The van der Waals surface area contributed by atoms with Crippen molar-refractivity contribution in [2.45, 2.75) is 76.8 Å². The highest BCUT2D eigenvalue weighted by Gasteiger charge is 2.46. The Kier molecular flexibility index (Phi) is 8.90. The van der Waals surface area contributed by atoms with Gasteiger partial charge < -0.3 is 14.3 Å². The van der Waals surface area contributed by atoms with Crippen LogP contribution in [-0.4, -0.2) is 26.6 Å². The van der Waals surface area contributed by atoms with Gasteiger partial charge in [-0.1, -0.05) is 71.9 Å². The summed E-state index contributed by atoms with van der Waals surface area (Å²) in [6.07, 6.45) is 3.44. The van der Waals surface area contributed by atoms with E-state index in [2.05, 4.69) is 41.5 Å². The van der Waals surface area contributed by atoms with Crippen molar-refractivity contribution >= 4 is 8.32 Å². The Morgan fingerprint density at radius 3 is 1.92 bits per heavy atom. The van der Waals surface area contributed by atoms with Crippen LogP contribution in [0.4, 0.5) is 0 Å². The fourth-order valence-corrected chi connectivity index (χ4v) is 9.55. The summed E-state index contributed by atoms with van der Waals surface area (Å²) >= 11 is 0. The number of benzene rings is 1. The first-order valence-corrected chi connectivity index (χ1v) is 11.5. The second kappa shape index (κ2) is 10.1. The molecule has 0 fully saturated rings. The highest BCUT2D eigenvalue weighted by atomic mass is 28.4. The van der Waals surface area contributed by atoms with E-state index in [1.165, 1.54) is 0 Å². The lowest BCUT2D eigenvalue weighted by Gasteiger charge is -2.44. The van der Waals surface area contributed by atoms with Gasteiger partial charge in [0.05, 0.1) is 25.6 Å². The van der Waals surface area contributed by atoms with Crippen molar-refractivity contribution in [3.63, 3.8) is 0 Å². The van der Waals surface area contributed by atoms with Crippen molar-refractivity contribution in [1.29, 1.82) is 0 Å². The molecular weight excluding hydrogens is 328 g/mol. The Bertz CT molecular complexity index is 489. The van der Waals surface area contributed by atoms with Gasteiger partial charge in [0.1, 0.15) is 0 Å². The highest BCUT2D eigenvalue weighted by Crippen LogP contribution is 2.43. The minimum Gasteiger partial charge on any atom is -0.505 e. The molecular formula is C21H36O3Si. The summed E-state index contributed by atoms with van der Waals surface area (Å²) in [5, 5.41) is 10.7. The maximum atomic E-state index is 10.7. The van der Waals surface area contributed by atoms with Gasteiger partial charge in [0, 0.05) is 6.42 Å². The Morgan fingerprint density at radius 1 is 0.960 bits per heavy atom. The molecule has 4 heteroatoms. The number of aliphatic hydroxyl groups excluding tert-OH is 1. The van der Waals surface area contributed by atoms with Crippen LogP contribution in [0.25, 0.3) is 0 Å². The van der Waals surface area contributed by atoms with Crippen LogP contribution in [0.5, 0.6) is 0 Å². The zero-order valence-electron chi connectivity index (χ0n) is 16.9. The van der Waals surface area contributed by atoms with E-state index in [0.717, 1.165) is 5.56 Å². The van der Waals surface area contributed by atoms with Gasteiger partial charge in [0.2, 0.25) is 8.32 Å². The molecule has 0 saturated carbocycles. The number of methoxy groups -OCH3 is 1. The van der Waals surface area contributed by atoms with Crippen molar-refractivity contribution in [2.75, 3.05) is 7.11 Å². The topological polar surface area (TPSA) is 38.7 Å². The zero-order chi connectivity index (χ0) is 19.0. The molecule has 0 saturated heterocycles. The highest BCUT2D eigenvalue weighted by molar-refractivity contribution is 6.77. The molecule has 1 aromatic carbocycles. The molecule has 0 radical (unpaired) electrons. The largest absolute Gasteiger partial charge is 0.505 e. The monoisotopic (exact) mass is 364 g/mol. The van der Waals surface area contributed by atoms with Crippen LogP contribution in [0.1, 0.15) is 59.6 Å². The third-order valence-electron chi connectivity index (χ3n) is 5.13. The summed E-state index contributed by atoms with van der Waals surface area (Å²) in [6, 6.07) is 9.78. The third-order valence-corrected chi connectivity index (χ3v) is 11.3. The quantitative estimate of drug-likeness (QED) is 0.419. The van der Waals surface area contributed by atoms with E-state index in [-0.39, 0.29) is 6.10 Å². The van der Waals surface area contributed by atoms with E-state index in [9.17, 15) is 5.11 Å².